The van der Waals surface area contributed by atoms with Gasteiger partial charge in [-0.2, -0.15) is 0 Å². The summed E-state index contributed by atoms with van der Waals surface area (Å²) in [6.07, 6.45) is 2.63. The Morgan fingerprint density at radius 2 is 1.76 bits per heavy atom. The summed E-state index contributed by atoms with van der Waals surface area (Å²) in [7, 11) is 0. The molecule has 2 aromatic rings. The average Bonchev–Trinajstić information content (AvgIpc) is 3.11. The highest BCUT2D eigenvalue weighted by Crippen LogP contribution is 2.14. The Kier molecular flexibility index (Phi) is 6.00. The summed E-state index contributed by atoms with van der Waals surface area (Å²) in [5, 5.41) is 6.67. The molecule has 1 fully saturated rings. The molecule has 0 radical (unpaired) electrons. The van der Waals surface area contributed by atoms with E-state index >= 15 is 0 Å². The molecule has 0 saturated carbocycles. The molecule has 0 unspecified atom stereocenters. The SMILES string of the molecule is Cc1ccc(NC(=S)NCc2ccc(CN3CCCC3)cc2)cc1F. The Morgan fingerprint density at radius 1 is 1.08 bits per heavy atom. The number of rotatable bonds is 5. The van der Waals surface area contributed by atoms with Gasteiger partial charge >= 0.3 is 0 Å². The smallest absolute Gasteiger partial charge is 0.171 e. The zero-order valence-electron chi connectivity index (χ0n) is 14.5. The van der Waals surface area contributed by atoms with Crippen LogP contribution in [0.4, 0.5) is 10.1 Å². The normalized spacial score (nSPS) is 14.5. The largest absolute Gasteiger partial charge is 0.358 e. The van der Waals surface area contributed by atoms with E-state index in [2.05, 4.69) is 39.8 Å². The number of hydrogen-bond acceptors (Lipinski definition) is 2. The van der Waals surface area contributed by atoms with Crippen molar-refractivity contribution >= 4 is 23.0 Å². The van der Waals surface area contributed by atoms with Gasteiger partial charge in [0.15, 0.2) is 5.11 Å². The van der Waals surface area contributed by atoms with Crippen LogP contribution in [0.25, 0.3) is 0 Å². The topological polar surface area (TPSA) is 27.3 Å². The predicted molar refractivity (Wildman–Crippen MR) is 105 cm³/mol. The summed E-state index contributed by atoms with van der Waals surface area (Å²) in [6.45, 7) is 5.84. The zero-order chi connectivity index (χ0) is 17.6. The summed E-state index contributed by atoms with van der Waals surface area (Å²) in [5.41, 5.74) is 3.80. The fourth-order valence-corrected chi connectivity index (χ4v) is 3.18. The number of thiocarbonyl (C=S) groups is 1. The van der Waals surface area contributed by atoms with E-state index in [-0.39, 0.29) is 5.82 Å². The van der Waals surface area contributed by atoms with Gasteiger partial charge in [-0.1, -0.05) is 30.3 Å². The standard InChI is InChI=1S/C20H24FN3S/c1-15-4-9-18(12-19(15)21)23-20(25)22-13-16-5-7-17(8-6-16)14-24-10-2-3-11-24/h4-9,12H,2-3,10-11,13-14H2,1H3,(H2,22,23,25). The minimum Gasteiger partial charge on any atom is -0.358 e. The molecule has 0 spiro atoms. The number of nitrogens with one attached hydrogen (secondary N) is 2. The molecule has 25 heavy (non-hydrogen) atoms. The summed E-state index contributed by atoms with van der Waals surface area (Å²) in [4.78, 5) is 2.49. The van der Waals surface area contributed by atoms with E-state index in [1.165, 1.54) is 43.1 Å². The molecular weight excluding hydrogens is 333 g/mol. The molecule has 1 aliphatic heterocycles. The van der Waals surface area contributed by atoms with Crippen molar-refractivity contribution in [2.45, 2.75) is 32.9 Å². The first-order chi connectivity index (χ1) is 12.1. The quantitative estimate of drug-likeness (QED) is 0.784. The van der Waals surface area contributed by atoms with Gasteiger partial charge in [0.2, 0.25) is 0 Å². The highest BCUT2D eigenvalue weighted by Gasteiger charge is 2.11. The monoisotopic (exact) mass is 357 g/mol. The van der Waals surface area contributed by atoms with Crippen LogP contribution >= 0.6 is 12.2 Å². The third kappa shape index (κ3) is 5.25. The van der Waals surface area contributed by atoms with E-state index < -0.39 is 0 Å². The molecule has 2 N–H and O–H groups in total. The van der Waals surface area contributed by atoms with Gasteiger partial charge in [-0.05, 0) is 73.9 Å². The molecule has 1 saturated heterocycles. The Labute approximate surface area is 154 Å². The van der Waals surface area contributed by atoms with E-state index in [0.29, 0.717) is 22.9 Å². The summed E-state index contributed by atoms with van der Waals surface area (Å²) < 4.78 is 13.6. The minimum atomic E-state index is -0.235. The molecule has 0 aliphatic carbocycles. The lowest BCUT2D eigenvalue weighted by Crippen LogP contribution is -2.27. The highest BCUT2D eigenvalue weighted by atomic mass is 32.1. The van der Waals surface area contributed by atoms with Gasteiger partial charge in [-0.25, -0.2) is 4.39 Å². The second-order valence-corrected chi connectivity index (χ2v) is 6.98. The van der Waals surface area contributed by atoms with E-state index in [9.17, 15) is 4.39 Å². The van der Waals surface area contributed by atoms with Gasteiger partial charge in [0.05, 0.1) is 0 Å². The van der Waals surface area contributed by atoms with Crippen molar-refractivity contribution < 1.29 is 4.39 Å². The van der Waals surface area contributed by atoms with Crippen LogP contribution in [0.15, 0.2) is 42.5 Å². The van der Waals surface area contributed by atoms with Crippen molar-refractivity contribution in [2.75, 3.05) is 18.4 Å². The molecule has 0 amide bonds. The molecule has 1 aliphatic rings. The number of hydrogen-bond donors (Lipinski definition) is 2. The zero-order valence-corrected chi connectivity index (χ0v) is 15.3. The number of likely N-dealkylation sites (tertiary alicyclic amines) is 1. The molecule has 2 aromatic carbocycles. The molecule has 0 bridgehead atoms. The Morgan fingerprint density at radius 3 is 2.44 bits per heavy atom. The van der Waals surface area contributed by atoms with E-state index in [1.54, 1.807) is 13.0 Å². The maximum atomic E-state index is 13.6. The van der Waals surface area contributed by atoms with E-state index in [1.807, 2.05) is 6.07 Å². The van der Waals surface area contributed by atoms with E-state index in [0.717, 1.165) is 6.54 Å². The molecule has 0 aromatic heterocycles. The highest BCUT2D eigenvalue weighted by molar-refractivity contribution is 7.80. The Hall–Kier alpha value is -1.98. The van der Waals surface area contributed by atoms with Crippen LogP contribution in [0.2, 0.25) is 0 Å². The fourth-order valence-electron chi connectivity index (χ4n) is 2.99. The van der Waals surface area contributed by atoms with Crippen molar-refractivity contribution in [1.29, 1.82) is 0 Å². The molecule has 1 heterocycles. The lowest BCUT2D eigenvalue weighted by molar-refractivity contribution is 0.331. The summed E-state index contributed by atoms with van der Waals surface area (Å²) in [5.74, 6) is -0.235. The summed E-state index contributed by atoms with van der Waals surface area (Å²) >= 11 is 5.28. The van der Waals surface area contributed by atoms with Crippen LogP contribution in [0.5, 0.6) is 0 Å². The van der Waals surface area contributed by atoms with Crippen LogP contribution in [0, 0.1) is 12.7 Å². The van der Waals surface area contributed by atoms with Gasteiger partial charge < -0.3 is 10.6 Å². The van der Waals surface area contributed by atoms with Crippen molar-refractivity contribution in [2.24, 2.45) is 0 Å². The number of benzene rings is 2. The molecule has 5 heteroatoms. The van der Waals surface area contributed by atoms with Crippen molar-refractivity contribution in [3.8, 4) is 0 Å². The maximum absolute atomic E-state index is 13.6. The fraction of sp³-hybridized carbons (Fsp3) is 0.350. The first-order valence-electron chi connectivity index (χ1n) is 8.71. The van der Waals surface area contributed by atoms with Crippen molar-refractivity contribution in [3.05, 3.63) is 65.0 Å². The lowest BCUT2D eigenvalue weighted by atomic mass is 10.1. The van der Waals surface area contributed by atoms with Gasteiger partial charge in [-0.15, -0.1) is 0 Å². The lowest BCUT2D eigenvalue weighted by Gasteiger charge is -2.15. The molecule has 3 rings (SSSR count). The van der Waals surface area contributed by atoms with Crippen molar-refractivity contribution in [1.82, 2.24) is 10.2 Å². The first-order valence-corrected chi connectivity index (χ1v) is 9.12. The van der Waals surface area contributed by atoms with Crippen LogP contribution in [0.1, 0.15) is 29.5 Å². The third-order valence-corrected chi connectivity index (χ3v) is 4.76. The number of aryl methyl sites for hydroxylation is 1. The third-order valence-electron chi connectivity index (χ3n) is 4.51. The van der Waals surface area contributed by atoms with Crippen LogP contribution in [-0.2, 0) is 13.1 Å². The summed E-state index contributed by atoms with van der Waals surface area (Å²) in [6, 6.07) is 13.6. The van der Waals surface area contributed by atoms with Crippen molar-refractivity contribution in [3.63, 3.8) is 0 Å². The second kappa shape index (κ2) is 8.41. The Balaban J connectivity index is 1.47. The molecule has 132 valence electrons. The van der Waals surface area contributed by atoms with Gasteiger partial charge in [0, 0.05) is 18.8 Å². The first kappa shape index (κ1) is 17.8. The maximum Gasteiger partial charge on any atom is 0.171 e. The van der Waals surface area contributed by atoms with Gasteiger partial charge in [0.1, 0.15) is 5.82 Å². The van der Waals surface area contributed by atoms with E-state index in [4.69, 9.17) is 12.2 Å². The van der Waals surface area contributed by atoms with Crippen LogP contribution < -0.4 is 10.6 Å². The molecule has 0 atom stereocenters. The van der Waals surface area contributed by atoms with Crippen LogP contribution in [-0.4, -0.2) is 23.1 Å². The number of nitrogens with zero attached hydrogens (tertiary/aromatic N) is 1. The second-order valence-electron chi connectivity index (χ2n) is 6.57. The number of halogens is 1. The minimum absolute atomic E-state index is 0.235. The molecular formula is C20H24FN3S. The average molecular weight is 357 g/mol. The van der Waals surface area contributed by atoms with Crippen LogP contribution in [0.3, 0.4) is 0 Å². The van der Waals surface area contributed by atoms with Gasteiger partial charge in [0.25, 0.3) is 0 Å². The Bertz CT molecular complexity index is 724. The molecule has 3 nitrogen and oxygen atoms in total. The number of anilines is 1. The predicted octanol–water partition coefficient (Wildman–Crippen LogP) is 4.22. The van der Waals surface area contributed by atoms with Gasteiger partial charge in [-0.3, -0.25) is 4.90 Å².